The lowest BCUT2D eigenvalue weighted by atomic mass is 10.2. The number of hydrogen-bond donors (Lipinski definition) is 0. The van der Waals surface area contributed by atoms with Crippen molar-refractivity contribution in [3.8, 4) is 11.3 Å². The minimum Gasteiger partial charge on any atom is -0.263 e. The topological polar surface area (TPSA) is 56.5 Å². The Kier molecular flexibility index (Phi) is 2.85. The second-order valence-corrected chi connectivity index (χ2v) is 4.16. The molecule has 0 spiro atoms. The summed E-state index contributed by atoms with van der Waals surface area (Å²) in [4.78, 5) is 12.3. The van der Waals surface area contributed by atoms with Crippen molar-refractivity contribution >= 4 is 11.0 Å². The van der Waals surface area contributed by atoms with Crippen LogP contribution >= 0.6 is 0 Å². The van der Waals surface area contributed by atoms with Crippen molar-refractivity contribution in [2.75, 3.05) is 0 Å². The van der Waals surface area contributed by atoms with Gasteiger partial charge in [0, 0.05) is 24.2 Å². The first kappa shape index (κ1) is 12.5. The smallest absolute Gasteiger partial charge is 0.263 e. The molecule has 0 amide bonds. The van der Waals surface area contributed by atoms with Crippen molar-refractivity contribution in [1.82, 2.24) is 24.7 Å². The Bertz CT molecular complexity index is 750. The van der Waals surface area contributed by atoms with Crippen molar-refractivity contribution in [2.45, 2.75) is 12.7 Å². The van der Waals surface area contributed by atoms with E-state index in [1.54, 1.807) is 18.5 Å². The Labute approximate surface area is 111 Å². The molecule has 0 saturated heterocycles. The van der Waals surface area contributed by atoms with E-state index >= 15 is 0 Å². The number of nitrogens with zero attached hydrogens (tertiary/aromatic N) is 5. The van der Waals surface area contributed by atoms with Gasteiger partial charge >= 0.3 is 6.18 Å². The molecule has 3 rings (SSSR count). The molecule has 0 fully saturated rings. The quantitative estimate of drug-likeness (QED) is 0.723. The third kappa shape index (κ3) is 2.58. The highest BCUT2D eigenvalue weighted by atomic mass is 19.4. The number of alkyl halides is 3. The maximum atomic E-state index is 12.3. The summed E-state index contributed by atoms with van der Waals surface area (Å²) < 4.78 is 37.6. The van der Waals surface area contributed by atoms with E-state index in [9.17, 15) is 13.2 Å². The summed E-state index contributed by atoms with van der Waals surface area (Å²) >= 11 is 0. The maximum absolute atomic E-state index is 12.3. The van der Waals surface area contributed by atoms with E-state index in [4.69, 9.17) is 0 Å². The highest BCUT2D eigenvalue weighted by Crippen LogP contribution is 2.21. The zero-order valence-electron chi connectivity index (χ0n) is 10.0. The summed E-state index contributed by atoms with van der Waals surface area (Å²) in [6, 6.07) is 1.66. The van der Waals surface area contributed by atoms with Gasteiger partial charge in [-0.3, -0.25) is 19.6 Å². The van der Waals surface area contributed by atoms with Gasteiger partial charge in [-0.25, -0.2) is 0 Å². The summed E-state index contributed by atoms with van der Waals surface area (Å²) in [5.41, 5.74) is 2.26. The fourth-order valence-electron chi connectivity index (χ4n) is 1.79. The Morgan fingerprint density at radius 1 is 1.00 bits per heavy atom. The summed E-state index contributed by atoms with van der Waals surface area (Å²) in [5, 5.41) is 3.68. The molecule has 0 N–H and O–H groups in total. The van der Waals surface area contributed by atoms with Gasteiger partial charge in [-0.2, -0.15) is 18.3 Å². The molecule has 0 saturated carbocycles. The van der Waals surface area contributed by atoms with Crippen molar-refractivity contribution in [3.63, 3.8) is 0 Å². The molecule has 0 aliphatic rings. The Balaban J connectivity index is 1.95. The molecule has 0 unspecified atom stereocenters. The number of halogens is 3. The van der Waals surface area contributed by atoms with Crippen molar-refractivity contribution in [3.05, 3.63) is 37.1 Å². The molecule has 3 heterocycles. The largest absolute Gasteiger partial charge is 0.408 e. The SMILES string of the molecule is FC(F)(F)Cn1cc(-c2cc3nccnc3cn2)cn1. The van der Waals surface area contributed by atoms with Crippen molar-refractivity contribution < 1.29 is 13.2 Å². The molecule has 3 aromatic heterocycles. The molecule has 3 aromatic rings. The van der Waals surface area contributed by atoms with E-state index in [1.807, 2.05) is 0 Å². The van der Waals surface area contributed by atoms with Crippen LogP contribution in [0.15, 0.2) is 37.1 Å². The molecule has 0 bridgehead atoms. The standard InChI is InChI=1S/C12H8F3N5/c13-12(14,15)7-20-6-8(4-19-20)9-3-10-11(5-18-9)17-2-1-16-10/h1-6H,7H2. The number of hydrogen-bond acceptors (Lipinski definition) is 4. The first-order chi connectivity index (χ1) is 9.51. The van der Waals surface area contributed by atoms with Crippen molar-refractivity contribution in [1.29, 1.82) is 0 Å². The lowest BCUT2D eigenvalue weighted by Gasteiger charge is -2.05. The number of fused-ring (bicyclic) bond motifs is 1. The van der Waals surface area contributed by atoms with Crippen LogP contribution in [-0.2, 0) is 6.54 Å². The molecular formula is C12H8F3N5. The monoisotopic (exact) mass is 279 g/mol. The zero-order chi connectivity index (χ0) is 14.2. The van der Waals surface area contributed by atoms with Crippen LogP contribution in [-0.4, -0.2) is 30.9 Å². The van der Waals surface area contributed by atoms with Gasteiger partial charge in [-0.15, -0.1) is 0 Å². The van der Waals surface area contributed by atoms with Gasteiger partial charge in [0.25, 0.3) is 0 Å². The van der Waals surface area contributed by atoms with E-state index in [0.29, 0.717) is 22.3 Å². The minimum atomic E-state index is -4.30. The lowest BCUT2D eigenvalue weighted by molar-refractivity contribution is -0.142. The van der Waals surface area contributed by atoms with Gasteiger partial charge in [0.15, 0.2) is 0 Å². The molecule has 0 radical (unpaired) electrons. The highest BCUT2D eigenvalue weighted by Gasteiger charge is 2.28. The summed E-state index contributed by atoms with van der Waals surface area (Å²) in [5.74, 6) is 0. The summed E-state index contributed by atoms with van der Waals surface area (Å²) in [6.45, 7) is -1.12. The average molecular weight is 279 g/mol. The van der Waals surface area contributed by atoms with Crippen LogP contribution < -0.4 is 0 Å². The summed E-state index contributed by atoms with van der Waals surface area (Å²) in [6.07, 6.45) is 2.96. The fourth-order valence-corrected chi connectivity index (χ4v) is 1.79. The second kappa shape index (κ2) is 4.55. The van der Waals surface area contributed by atoms with E-state index in [2.05, 4.69) is 20.1 Å². The molecular weight excluding hydrogens is 271 g/mol. The predicted octanol–water partition coefficient (Wildman–Crippen LogP) is 2.45. The van der Waals surface area contributed by atoms with Crippen LogP contribution in [0, 0.1) is 0 Å². The highest BCUT2D eigenvalue weighted by molar-refractivity contribution is 5.77. The average Bonchev–Trinajstić information content (AvgIpc) is 2.84. The third-order valence-electron chi connectivity index (χ3n) is 2.63. The molecule has 20 heavy (non-hydrogen) atoms. The first-order valence-electron chi connectivity index (χ1n) is 5.68. The van der Waals surface area contributed by atoms with Crippen LogP contribution in [0.1, 0.15) is 0 Å². The van der Waals surface area contributed by atoms with E-state index < -0.39 is 12.7 Å². The molecule has 0 aliphatic heterocycles. The second-order valence-electron chi connectivity index (χ2n) is 4.16. The van der Waals surface area contributed by atoms with E-state index in [1.165, 1.54) is 18.6 Å². The van der Waals surface area contributed by atoms with Gasteiger partial charge < -0.3 is 0 Å². The molecule has 0 aliphatic carbocycles. The minimum absolute atomic E-state index is 0.502. The van der Waals surface area contributed by atoms with Crippen LogP contribution in [0.2, 0.25) is 0 Å². The maximum Gasteiger partial charge on any atom is 0.408 e. The molecule has 8 heteroatoms. The normalized spacial score (nSPS) is 11.9. The molecule has 5 nitrogen and oxygen atoms in total. The zero-order valence-corrected chi connectivity index (χ0v) is 10.0. The molecule has 102 valence electrons. The predicted molar refractivity (Wildman–Crippen MR) is 64.6 cm³/mol. The van der Waals surface area contributed by atoms with E-state index in [-0.39, 0.29) is 0 Å². The lowest BCUT2D eigenvalue weighted by Crippen LogP contribution is -2.17. The van der Waals surface area contributed by atoms with Gasteiger partial charge in [-0.1, -0.05) is 0 Å². The number of aromatic nitrogens is 5. The molecule has 0 atom stereocenters. The van der Waals surface area contributed by atoms with Crippen LogP contribution in [0.25, 0.3) is 22.3 Å². The number of rotatable bonds is 2. The van der Waals surface area contributed by atoms with Crippen LogP contribution in [0.3, 0.4) is 0 Å². The number of pyridine rings is 1. The third-order valence-corrected chi connectivity index (χ3v) is 2.63. The van der Waals surface area contributed by atoms with Gasteiger partial charge in [0.2, 0.25) is 0 Å². The van der Waals surface area contributed by atoms with Crippen molar-refractivity contribution in [2.24, 2.45) is 0 Å². The first-order valence-corrected chi connectivity index (χ1v) is 5.68. The Hall–Kier alpha value is -2.51. The van der Waals surface area contributed by atoms with Crippen LogP contribution in [0.4, 0.5) is 13.2 Å². The fraction of sp³-hybridized carbons (Fsp3) is 0.167. The Morgan fingerprint density at radius 3 is 2.50 bits per heavy atom. The Morgan fingerprint density at radius 2 is 1.75 bits per heavy atom. The summed E-state index contributed by atoms with van der Waals surface area (Å²) in [7, 11) is 0. The van der Waals surface area contributed by atoms with E-state index in [0.717, 1.165) is 4.68 Å². The van der Waals surface area contributed by atoms with Crippen LogP contribution in [0.5, 0.6) is 0 Å². The van der Waals surface area contributed by atoms with Gasteiger partial charge in [-0.05, 0) is 6.07 Å². The van der Waals surface area contributed by atoms with Gasteiger partial charge in [0.05, 0.1) is 23.6 Å². The van der Waals surface area contributed by atoms with Gasteiger partial charge in [0.1, 0.15) is 12.1 Å². The molecule has 0 aromatic carbocycles.